The van der Waals surface area contributed by atoms with Crippen LogP contribution >= 0.6 is 11.8 Å². The number of hydrogen-bond acceptors (Lipinski definition) is 6. The molecule has 0 amide bonds. The molecule has 1 heterocycles. The van der Waals surface area contributed by atoms with Gasteiger partial charge in [-0.15, -0.1) is 0 Å². The van der Waals surface area contributed by atoms with Gasteiger partial charge in [-0.2, -0.15) is 0 Å². The summed E-state index contributed by atoms with van der Waals surface area (Å²) < 4.78 is 11.6. The highest BCUT2D eigenvalue weighted by atomic mass is 32.2. The molecule has 176 valence electrons. The summed E-state index contributed by atoms with van der Waals surface area (Å²) in [6.07, 6.45) is 10.5. The van der Waals surface area contributed by atoms with Crippen LogP contribution in [0.3, 0.4) is 0 Å². The van der Waals surface area contributed by atoms with E-state index in [0.717, 1.165) is 51.4 Å². The van der Waals surface area contributed by atoms with Crippen molar-refractivity contribution in [1.29, 1.82) is 0 Å². The molecule has 0 unspecified atom stereocenters. The van der Waals surface area contributed by atoms with Crippen LogP contribution in [0.25, 0.3) is 0 Å². The van der Waals surface area contributed by atoms with Gasteiger partial charge in [0.25, 0.3) is 0 Å². The molecule has 0 bridgehead atoms. The number of ether oxygens (including phenoxy) is 2. The van der Waals surface area contributed by atoms with Gasteiger partial charge in [0.2, 0.25) is 0 Å². The number of carbonyl (C=O) groups is 3. The Hall–Kier alpha value is -1.30. The van der Waals surface area contributed by atoms with Crippen LogP contribution in [0.2, 0.25) is 0 Å². The van der Waals surface area contributed by atoms with Gasteiger partial charge >= 0.3 is 11.9 Å². The normalized spacial score (nSPS) is 47.2. The second-order valence-electron chi connectivity index (χ2n) is 11.4. The Bertz CT molecular complexity index is 881. The van der Waals surface area contributed by atoms with E-state index in [1.165, 1.54) is 24.3 Å². The minimum absolute atomic E-state index is 0.00243. The maximum absolute atomic E-state index is 12.3. The second-order valence-corrected chi connectivity index (χ2v) is 12.8. The number of thioether (sulfide) groups is 1. The zero-order valence-electron chi connectivity index (χ0n) is 19.8. The Morgan fingerprint density at radius 3 is 2.47 bits per heavy atom. The van der Waals surface area contributed by atoms with Gasteiger partial charge in [0, 0.05) is 30.9 Å². The van der Waals surface area contributed by atoms with E-state index in [2.05, 4.69) is 19.9 Å². The summed E-state index contributed by atoms with van der Waals surface area (Å²) in [6.45, 7) is 7.95. The predicted molar refractivity (Wildman–Crippen MR) is 123 cm³/mol. The highest BCUT2D eigenvalue weighted by Crippen LogP contribution is 2.70. The summed E-state index contributed by atoms with van der Waals surface area (Å²) in [4.78, 5) is 36.0. The molecule has 0 aromatic rings. The van der Waals surface area contributed by atoms with Crippen LogP contribution in [-0.4, -0.2) is 34.0 Å². The van der Waals surface area contributed by atoms with E-state index in [-0.39, 0.29) is 44.8 Å². The Morgan fingerprint density at radius 1 is 1.06 bits per heavy atom. The van der Waals surface area contributed by atoms with Gasteiger partial charge in [-0.05, 0) is 80.6 Å². The molecule has 5 nitrogen and oxygen atoms in total. The molecule has 6 heteroatoms. The van der Waals surface area contributed by atoms with Crippen molar-refractivity contribution in [1.82, 2.24) is 0 Å². The molecule has 1 spiro atoms. The maximum atomic E-state index is 12.3. The number of rotatable bonds is 2. The SMILES string of the molecule is CC(=O)O[C@@H]1C=C2C[C@@H](SC(C)=O)[C@@H]3[C@H]4CC[C@@]5(CCC(=O)O5)[C@@]4(C)CC[C@@H]3[C@@]2(C)CC1. The van der Waals surface area contributed by atoms with E-state index in [4.69, 9.17) is 9.47 Å². The molecule has 1 saturated heterocycles. The Balaban J connectivity index is 1.51. The highest BCUT2D eigenvalue weighted by Gasteiger charge is 2.68. The lowest BCUT2D eigenvalue weighted by Crippen LogP contribution is -2.58. The van der Waals surface area contributed by atoms with Gasteiger partial charge < -0.3 is 9.47 Å². The van der Waals surface area contributed by atoms with Crippen LogP contribution in [0.15, 0.2) is 11.6 Å². The lowest BCUT2D eigenvalue weighted by atomic mass is 9.46. The molecule has 5 aliphatic rings. The Labute approximate surface area is 195 Å². The van der Waals surface area contributed by atoms with E-state index in [1.54, 1.807) is 6.92 Å². The lowest BCUT2D eigenvalue weighted by molar-refractivity contribution is -0.167. The molecule has 0 N–H and O–H groups in total. The third-order valence-electron chi connectivity index (χ3n) is 10.0. The zero-order chi connectivity index (χ0) is 22.9. The van der Waals surface area contributed by atoms with Crippen LogP contribution in [0.1, 0.15) is 85.5 Å². The number of carbonyl (C=O) groups excluding carboxylic acids is 3. The standard InChI is InChI=1S/C26H36O5S/c1-15(27)30-18-5-9-24(3)17(13-18)14-21(32-16(2)28)23-19(24)6-10-25(4)20(23)7-11-26(25)12-8-22(29)31-26/h13,18-21,23H,5-12,14H2,1-4H3/t18-,19-,20+,21+,23-,24-,25-,26+/m0/s1. The van der Waals surface area contributed by atoms with Crippen LogP contribution < -0.4 is 0 Å². The van der Waals surface area contributed by atoms with Crippen LogP contribution in [0, 0.1) is 28.6 Å². The molecule has 0 radical (unpaired) electrons. The van der Waals surface area contributed by atoms with Crippen molar-refractivity contribution in [2.45, 2.75) is 102 Å². The molecule has 0 aromatic carbocycles. The molecule has 4 fully saturated rings. The fraction of sp³-hybridized carbons (Fsp3) is 0.808. The smallest absolute Gasteiger partial charge is 0.306 e. The van der Waals surface area contributed by atoms with E-state index in [9.17, 15) is 14.4 Å². The van der Waals surface area contributed by atoms with Crippen molar-refractivity contribution < 1.29 is 23.9 Å². The Morgan fingerprint density at radius 2 is 1.81 bits per heavy atom. The molecule has 3 saturated carbocycles. The molecule has 1 aliphatic heterocycles. The van der Waals surface area contributed by atoms with Gasteiger partial charge in [0.15, 0.2) is 5.12 Å². The van der Waals surface area contributed by atoms with Gasteiger partial charge in [-0.1, -0.05) is 31.2 Å². The molecule has 0 aromatic heterocycles. The highest BCUT2D eigenvalue weighted by molar-refractivity contribution is 8.14. The van der Waals surface area contributed by atoms with E-state index >= 15 is 0 Å². The molecule has 4 aliphatic carbocycles. The first-order valence-corrected chi connectivity index (χ1v) is 13.2. The van der Waals surface area contributed by atoms with E-state index in [1.807, 2.05) is 0 Å². The van der Waals surface area contributed by atoms with Crippen molar-refractivity contribution >= 4 is 28.8 Å². The third-order valence-corrected chi connectivity index (χ3v) is 11.2. The van der Waals surface area contributed by atoms with Gasteiger partial charge in [0.05, 0.1) is 0 Å². The first-order valence-electron chi connectivity index (χ1n) is 12.4. The predicted octanol–water partition coefficient (Wildman–Crippen LogP) is 5.21. The number of hydrogen-bond donors (Lipinski definition) is 0. The second kappa shape index (κ2) is 7.61. The van der Waals surface area contributed by atoms with Crippen molar-refractivity contribution in [2.75, 3.05) is 0 Å². The molecule has 8 atom stereocenters. The molecule has 32 heavy (non-hydrogen) atoms. The van der Waals surface area contributed by atoms with Crippen molar-refractivity contribution in [3.63, 3.8) is 0 Å². The van der Waals surface area contributed by atoms with Gasteiger partial charge in [0.1, 0.15) is 11.7 Å². The van der Waals surface area contributed by atoms with Gasteiger partial charge in [-0.3, -0.25) is 14.4 Å². The van der Waals surface area contributed by atoms with Gasteiger partial charge in [-0.25, -0.2) is 0 Å². The van der Waals surface area contributed by atoms with Crippen molar-refractivity contribution in [3.8, 4) is 0 Å². The summed E-state index contributed by atoms with van der Waals surface area (Å²) in [7, 11) is 0. The van der Waals surface area contributed by atoms with Crippen LogP contribution in [-0.2, 0) is 23.9 Å². The number of esters is 2. The zero-order valence-corrected chi connectivity index (χ0v) is 20.6. The number of allylic oxidation sites excluding steroid dienone is 1. The summed E-state index contributed by atoms with van der Waals surface area (Å²) in [6, 6.07) is 0. The fourth-order valence-corrected chi connectivity index (χ4v) is 9.80. The minimum atomic E-state index is -0.296. The topological polar surface area (TPSA) is 69.7 Å². The first kappa shape index (κ1) is 22.5. The summed E-state index contributed by atoms with van der Waals surface area (Å²) in [5, 5.41) is 0.419. The molecule has 5 rings (SSSR count). The lowest BCUT2D eigenvalue weighted by Gasteiger charge is -2.61. The first-order chi connectivity index (χ1) is 15.1. The molecular formula is C26H36O5S. The quantitative estimate of drug-likeness (QED) is 0.416. The fourth-order valence-electron chi connectivity index (χ4n) is 8.57. The molecular weight excluding hydrogens is 424 g/mol. The monoisotopic (exact) mass is 460 g/mol. The van der Waals surface area contributed by atoms with Crippen LogP contribution in [0.4, 0.5) is 0 Å². The Kier molecular flexibility index (Phi) is 5.35. The summed E-state index contributed by atoms with van der Waals surface area (Å²) >= 11 is 1.51. The van der Waals surface area contributed by atoms with Crippen molar-refractivity contribution in [3.05, 3.63) is 11.6 Å². The average molecular weight is 461 g/mol. The maximum Gasteiger partial charge on any atom is 0.306 e. The largest absolute Gasteiger partial charge is 0.458 e. The third kappa shape index (κ3) is 3.22. The average Bonchev–Trinajstić information content (AvgIpc) is 3.22. The van der Waals surface area contributed by atoms with E-state index in [0.29, 0.717) is 24.2 Å². The van der Waals surface area contributed by atoms with Crippen molar-refractivity contribution in [2.24, 2.45) is 28.6 Å². The van der Waals surface area contributed by atoms with E-state index < -0.39 is 0 Å². The van der Waals surface area contributed by atoms with Crippen LogP contribution in [0.5, 0.6) is 0 Å². The minimum Gasteiger partial charge on any atom is -0.458 e. The summed E-state index contributed by atoms with van der Waals surface area (Å²) in [5.74, 6) is 1.19. The summed E-state index contributed by atoms with van der Waals surface area (Å²) in [5.41, 5.74) is 1.19. The number of fused-ring (bicyclic) bond motifs is 6.